The lowest BCUT2D eigenvalue weighted by Crippen LogP contribution is -1.96. The number of fused-ring (bicyclic) bond motifs is 17. The largest absolute Gasteiger partial charge is 0.307 e. The van der Waals surface area contributed by atoms with Gasteiger partial charge in [0.1, 0.15) is 16.0 Å². The minimum absolute atomic E-state index is 0.414. The fourth-order valence-corrected chi connectivity index (χ4v) is 11.1. The van der Waals surface area contributed by atoms with Gasteiger partial charge in [0.05, 0.1) is 15.7 Å². The van der Waals surface area contributed by atoms with Gasteiger partial charge in [0.25, 0.3) is 0 Å². The van der Waals surface area contributed by atoms with E-state index in [1.165, 1.54) is 74.3 Å². The topological polar surface area (TPSA) is 30.7 Å². The van der Waals surface area contributed by atoms with Crippen LogP contribution >= 0.6 is 34.3 Å². The minimum Gasteiger partial charge on any atom is -0.307 e. The van der Waals surface area contributed by atoms with Crippen LogP contribution in [0.3, 0.4) is 0 Å². The molecule has 0 saturated carbocycles. The Bertz CT molecular complexity index is 3480. The average molecular weight is 718 g/mol. The lowest BCUT2D eigenvalue weighted by molar-refractivity contribution is 1.19. The summed E-state index contributed by atoms with van der Waals surface area (Å²) < 4.78 is 6.29. The lowest BCUT2D eigenvalue weighted by atomic mass is 9.97. The first-order valence-electron chi connectivity index (χ1n) is 17.3. The third-order valence-corrected chi connectivity index (χ3v) is 13.2. The van der Waals surface area contributed by atoms with Crippen molar-refractivity contribution in [3.05, 3.63) is 151 Å². The fourth-order valence-electron chi connectivity index (χ4n) is 8.43. The molecule has 12 aromatic rings. The number of halogens is 1. The zero-order valence-corrected chi connectivity index (χ0v) is 29.8. The van der Waals surface area contributed by atoms with Crippen molar-refractivity contribution in [2.75, 3.05) is 0 Å². The third-order valence-electron chi connectivity index (χ3n) is 10.7. The molecule has 0 unspecified atom stereocenters. The standard InChI is InChI=1S/C46H24ClN3S2/c47-45-39(49-46-40(48-45)33-15-7-8-16-36(33)51-46)27-17-21-28(22-18-27)50-41-29-11-3-1-9-25(29)19-23-34(41)37-31-13-5-6-14-32(31)38-35-24-20-26-10-2-4-12-30(26)43(35)52-44(38)42(37)50/h1-24H. The first-order chi connectivity index (χ1) is 25.7. The smallest absolute Gasteiger partial charge is 0.156 e. The SMILES string of the molecule is Clc1nc2c(nc1-c1ccc(-n3c4c5ccccc5ccc4c4c5ccccc5c5c6ccc7ccccc7c6sc5c43)cc1)sc1ccccc12. The maximum atomic E-state index is 6.88. The van der Waals surface area contributed by atoms with Gasteiger partial charge in [-0.1, -0.05) is 139 Å². The van der Waals surface area contributed by atoms with Gasteiger partial charge in [-0.05, 0) is 45.1 Å². The second kappa shape index (κ2) is 10.6. The highest BCUT2D eigenvalue weighted by Gasteiger charge is 2.24. The van der Waals surface area contributed by atoms with Crippen molar-refractivity contribution >= 4 is 129 Å². The summed E-state index contributed by atoms with van der Waals surface area (Å²) >= 11 is 10.5. The maximum Gasteiger partial charge on any atom is 0.156 e. The molecule has 0 fully saturated rings. The van der Waals surface area contributed by atoms with E-state index in [0.717, 1.165) is 31.7 Å². The lowest BCUT2D eigenvalue weighted by Gasteiger charge is -2.12. The van der Waals surface area contributed by atoms with Crippen molar-refractivity contribution < 1.29 is 0 Å². The molecule has 3 nitrogen and oxygen atoms in total. The van der Waals surface area contributed by atoms with Crippen LogP contribution in [0.15, 0.2) is 146 Å². The molecule has 0 bridgehead atoms. The summed E-state index contributed by atoms with van der Waals surface area (Å²) in [6, 6.07) is 52.6. The third kappa shape index (κ3) is 3.85. The van der Waals surface area contributed by atoms with Crippen LogP contribution in [0, 0.1) is 0 Å². The van der Waals surface area contributed by atoms with Crippen LogP contribution in [0.2, 0.25) is 5.15 Å². The predicted molar refractivity (Wildman–Crippen MR) is 225 cm³/mol. The summed E-state index contributed by atoms with van der Waals surface area (Å²) in [5, 5.41) is 14.2. The molecule has 0 amide bonds. The molecule has 4 aromatic heterocycles. The van der Waals surface area contributed by atoms with Crippen LogP contribution in [0.4, 0.5) is 0 Å². The molecule has 242 valence electrons. The van der Waals surface area contributed by atoms with Crippen molar-refractivity contribution in [2.45, 2.75) is 0 Å². The molecular formula is C46H24ClN3S2. The number of hydrogen-bond acceptors (Lipinski definition) is 4. The van der Waals surface area contributed by atoms with Crippen LogP contribution in [0.25, 0.3) is 112 Å². The van der Waals surface area contributed by atoms with Gasteiger partial charge in [0.15, 0.2) is 5.15 Å². The summed E-state index contributed by atoms with van der Waals surface area (Å²) in [7, 11) is 0. The highest BCUT2D eigenvalue weighted by atomic mass is 35.5. The molecule has 12 rings (SSSR count). The Hall–Kier alpha value is -5.85. The number of thiophene rings is 2. The molecule has 0 aliphatic heterocycles. The predicted octanol–water partition coefficient (Wildman–Crippen LogP) is 14.1. The highest BCUT2D eigenvalue weighted by Crippen LogP contribution is 2.50. The molecule has 0 N–H and O–H groups in total. The summed E-state index contributed by atoms with van der Waals surface area (Å²) in [5.41, 5.74) is 6.04. The Morgan fingerprint density at radius 2 is 1.10 bits per heavy atom. The number of rotatable bonds is 2. The number of benzene rings is 8. The summed E-state index contributed by atoms with van der Waals surface area (Å²) in [5.74, 6) is 0. The average Bonchev–Trinajstić information content (AvgIpc) is 3.88. The van der Waals surface area contributed by atoms with Gasteiger partial charge in [-0.3, -0.25) is 0 Å². The monoisotopic (exact) mass is 717 g/mol. The number of nitrogens with zero attached hydrogens (tertiary/aromatic N) is 3. The Morgan fingerprint density at radius 1 is 0.462 bits per heavy atom. The zero-order valence-electron chi connectivity index (χ0n) is 27.4. The van der Waals surface area contributed by atoms with Crippen LogP contribution < -0.4 is 0 Å². The van der Waals surface area contributed by atoms with Crippen LogP contribution in [0.1, 0.15) is 0 Å². The molecule has 0 aliphatic rings. The van der Waals surface area contributed by atoms with Crippen LogP contribution in [-0.4, -0.2) is 14.5 Å². The van der Waals surface area contributed by atoms with Gasteiger partial charge in [-0.15, -0.1) is 22.7 Å². The Balaban J connectivity index is 1.20. The molecule has 52 heavy (non-hydrogen) atoms. The van der Waals surface area contributed by atoms with E-state index in [1.54, 1.807) is 11.3 Å². The van der Waals surface area contributed by atoms with Crippen LogP contribution in [0.5, 0.6) is 0 Å². The molecule has 0 aliphatic carbocycles. The number of hydrogen-bond donors (Lipinski definition) is 0. The second-order valence-corrected chi connectivity index (χ2v) is 15.8. The molecule has 0 saturated heterocycles. The van der Waals surface area contributed by atoms with E-state index in [2.05, 4.69) is 144 Å². The first-order valence-corrected chi connectivity index (χ1v) is 19.3. The van der Waals surface area contributed by atoms with E-state index in [9.17, 15) is 0 Å². The van der Waals surface area contributed by atoms with Gasteiger partial charge in [-0.25, -0.2) is 9.97 Å². The Morgan fingerprint density at radius 3 is 1.88 bits per heavy atom. The minimum atomic E-state index is 0.414. The van der Waals surface area contributed by atoms with E-state index in [0.29, 0.717) is 10.8 Å². The second-order valence-electron chi connectivity index (χ2n) is 13.4. The van der Waals surface area contributed by atoms with Crippen molar-refractivity contribution in [3.63, 3.8) is 0 Å². The van der Waals surface area contributed by atoms with Crippen molar-refractivity contribution in [1.82, 2.24) is 14.5 Å². The molecule has 6 heteroatoms. The first kappa shape index (κ1) is 28.8. The summed E-state index contributed by atoms with van der Waals surface area (Å²) in [4.78, 5) is 10.8. The quantitative estimate of drug-likeness (QED) is 0.178. The van der Waals surface area contributed by atoms with E-state index in [-0.39, 0.29) is 0 Å². The van der Waals surface area contributed by atoms with Crippen LogP contribution in [-0.2, 0) is 0 Å². The Labute approximate surface area is 309 Å². The highest BCUT2D eigenvalue weighted by molar-refractivity contribution is 7.27. The maximum absolute atomic E-state index is 6.88. The van der Waals surface area contributed by atoms with Gasteiger partial charge in [-0.2, -0.15) is 0 Å². The molecular weight excluding hydrogens is 694 g/mol. The van der Waals surface area contributed by atoms with Gasteiger partial charge in [0.2, 0.25) is 0 Å². The van der Waals surface area contributed by atoms with E-state index >= 15 is 0 Å². The summed E-state index contributed by atoms with van der Waals surface area (Å²) in [6.45, 7) is 0. The van der Waals surface area contributed by atoms with Gasteiger partial charge in [0, 0.05) is 53.0 Å². The van der Waals surface area contributed by atoms with Crippen molar-refractivity contribution in [3.8, 4) is 16.9 Å². The molecule has 0 atom stereocenters. The fraction of sp³-hybridized carbons (Fsp3) is 0. The molecule has 0 spiro atoms. The van der Waals surface area contributed by atoms with Crippen molar-refractivity contribution in [2.24, 2.45) is 0 Å². The van der Waals surface area contributed by atoms with E-state index in [1.807, 2.05) is 17.4 Å². The molecule has 4 heterocycles. The molecule has 0 radical (unpaired) electrons. The van der Waals surface area contributed by atoms with Gasteiger partial charge < -0.3 is 4.57 Å². The van der Waals surface area contributed by atoms with E-state index in [4.69, 9.17) is 21.6 Å². The Kier molecular flexibility index (Phi) is 5.87. The normalized spacial score (nSPS) is 12.3. The number of aromatic nitrogens is 3. The summed E-state index contributed by atoms with van der Waals surface area (Å²) in [6.07, 6.45) is 0. The van der Waals surface area contributed by atoms with E-state index < -0.39 is 0 Å². The molecule has 8 aromatic carbocycles. The van der Waals surface area contributed by atoms with Gasteiger partial charge >= 0.3 is 0 Å². The van der Waals surface area contributed by atoms with Crippen molar-refractivity contribution in [1.29, 1.82) is 0 Å². The zero-order chi connectivity index (χ0) is 34.1.